The topological polar surface area (TPSA) is 88.2 Å². The zero-order valence-corrected chi connectivity index (χ0v) is 20.9. The molecule has 0 radical (unpaired) electrons. The second-order valence-electron chi connectivity index (χ2n) is 8.37. The molecule has 0 aromatic heterocycles. The van der Waals surface area contributed by atoms with Gasteiger partial charge in [-0.1, -0.05) is 12.1 Å². The van der Waals surface area contributed by atoms with Crippen LogP contribution in [-0.4, -0.2) is 59.1 Å². The molecule has 0 atom stereocenters. The predicted molar refractivity (Wildman–Crippen MR) is 136 cm³/mol. The number of methoxy groups -OCH3 is 1. The number of hydrogen-bond donors (Lipinski definition) is 1. The molecule has 3 aromatic carbocycles. The quantitative estimate of drug-likeness (QED) is 0.495. The summed E-state index contributed by atoms with van der Waals surface area (Å²) >= 11 is 0. The van der Waals surface area contributed by atoms with Gasteiger partial charge in [-0.2, -0.15) is 0 Å². The first-order valence-corrected chi connectivity index (χ1v) is 12.9. The van der Waals surface area contributed by atoms with Crippen molar-refractivity contribution in [3.8, 4) is 11.5 Å². The molecule has 1 aliphatic heterocycles. The lowest BCUT2D eigenvalue weighted by Gasteiger charge is -2.36. The van der Waals surface area contributed by atoms with Crippen LogP contribution in [0.1, 0.15) is 5.56 Å². The fraction of sp³-hybridized carbons (Fsp3) is 0.269. The Labute approximate surface area is 210 Å². The number of carbonyl (C=O) groups excluding carboxylic acids is 1. The van der Waals surface area contributed by atoms with Crippen LogP contribution in [0.25, 0.3) is 0 Å². The van der Waals surface area contributed by atoms with Gasteiger partial charge < -0.3 is 19.3 Å². The fourth-order valence-electron chi connectivity index (χ4n) is 3.96. The van der Waals surface area contributed by atoms with Crippen LogP contribution >= 0.6 is 0 Å². The van der Waals surface area contributed by atoms with Gasteiger partial charge in [-0.15, -0.1) is 0 Å². The second-order valence-corrected chi connectivity index (χ2v) is 10.1. The van der Waals surface area contributed by atoms with Crippen LogP contribution in [0.5, 0.6) is 11.5 Å². The normalized spacial score (nSPS) is 13.9. The number of benzene rings is 3. The zero-order chi connectivity index (χ0) is 25.7. The number of piperazine rings is 1. The molecule has 36 heavy (non-hydrogen) atoms. The smallest absolute Gasteiger partial charge is 0.261 e. The summed E-state index contributed by atoms with van der Waals surface area (Å²) in [5, 5.41) is 0. The van der Waals surface area contributed by atoms with Gasteiger partial charge in [0.25, 0.3) is 15.9 Å². The summed E-state index contributed by atoms with van der Waals surface area (Å²) in [5.41, 5.74) is 1.53. The molecule has 0 saturated carbocycles. The van der Waals surface area contributed by atoms with Crippen LogP contribution in [0.3, 0.4) is 0 Å². The van der Waals surface area contributed by atoms with Gasteiger partial charge in [0, 0.05) is 31.9 Å². The molecule has 1 aliphatic rings. The van der Waals surface area contributed by atoms with E-state index in [1.807, 2.05) is 4.90 Å². The van der Waals surface area contributed by atoms with Crippen molar-refractivity contribution in [2.45, 2.75) is 11.8 Å². The lowest BCUT2D eigenvalue weighted by Crippen LogP contribution is -2.50. The van der Waals surface area contributed by atoms with Crippen molar-refractivity contribution in [2.24, 2.45) is 0 Å². The number of nitrogens with one attached hydrogen (secondary N) is 1. The van der Waals surface area contributed by atoms with Crippen LogP contribution in [0.15, 0.2) is 71.6 Å². The van der Waals surface area contributed by atoms with Gasteiger partial charge in [0.15, 0.2) is 6.61 Å². The minimum atomic E-state index is -3.80. The molecule has 0 aliphatic carbocycles. The van der Waals surface area contributed by atoms with E-state index in [1.165, 1.54) is 25.3 Å². The second kappa shape index (κ2) is 10.9. The molecule has 0 bridgehead atoms. The first-order valence-electron chi connectivity index (χ1n) is 11.4. The number of sulfonamides is 1. The highest BCUT2D eigenvalue weighted by atomic mass is 32.2. The lowest BCUT2D eigenvalue weighted by atomic mass is 10.2. The molecule has 8 nitrogen and oxygen atoms in total. The minimum Gasteiger partial charge on any atom is -0.497 e. The molecule has 1 N–H and O–H groups in total. The van der Waals surface area contributed by atoms with Gasteiger partial charge in [0.2, 0.25) is 0 Å². The van der Waals surface area contributed by atoms with Gasteiger partial charge in [-0.05, 0) is 67.1 Å². The molecule has 4 rings (SSSR count). The van der Waals surface area contributed by atoms with Crippen LogP contribution < -0.4 is 19.1 Å². The molecule has 10 heteroatoms. The standard InChI is InChI=1S/C26H28FN3O5S/c1-19-17-22(36(32,33)28-20-7-9-21(34-2)10-8-20)11-12-25(19)35-18-26(31)30-15-13-29(14-16-30)24-6-4-3-5-23(24)27/h3-12,17,28H,13-16,18H2,1-2H3. The SMILES string of the molecule is COc1ccc(NS(=O)(=O)c2ccc(OCC(=O)N3CCN(c4ccccc4F)CC3)c(C)c2)cc1. The largest absolute Gasteiger partial charge is 0.497 e. The number of hydrogen-bond acceptors (Lipinski definition) is 6. The van der Waals surface area contributed by atoms with E-state index in [2.05, 4.69) is 4.72 Å². The Kier molecular flexibility index (Phi) is 7.64. The van der Waals surface area contributed by atoms with Crippen molar-refractivity contribution in [3.05, 3.63) is 78.1 Å². The average molecular weight is 514 g/mol. The molecule has 1 heterocycles. The van der Waals surface area contributed by atoms with Crippen LogP contribution in [0.4, 0.5) is 15.8 Å². The third-order valence-corrected chi connectivity index (χ3v) is 7.35. The van der Waals surface area contributed by atoms with Crippen molar-refractivity contribution in [2.75, 3.05) is 49.5 Å². The highest BCUT2D eigenvalue weighted by Crippen LogP contribution is 2.25. The van der Waals surface area contributed by atoms with Gasteiger partial charge >= 0.3 is 0 Å². The highest BCUT2D eigenvalue weighted by Gasteiger charge is 2.23. The number of aryl methyl sites for hydroxylation is 1. The van der Waals surface area contributed by atoms with Crippen molar-refractivity contribution >= 4 is 27.3 Å². The number of para-hydroxylation sites is 1. The molecule has 1 amide bonds. The zero-order valence-electron chi connectivity index (χ0n) is 20.1. The summed E-state index contributed by atoms with van der Waals surface area (Å²) in [7, 11) is -2.27. The first-order chi connectivity index (χ1) is 17.3. The van der Waals surface area contributed by atoms with Gasteiger partial charge in [-0.25, -0.2) is 12.8 Å². The summed E-state index contributed by atoms with van der Waals surface area (Å²) in [6.07, 6.45) is 0. The van der Waals surface area contributed by atoms with E-state index in [4.69, 9.17) is 9.47 Å². The third kappa shape index (κ3) is 5.88. The molecule has 3 aromatic rings. The van der Waals surface area contributed by atoms with Crippen molar-refractivity contribution < 1.29 is 27.1 Å². The Morgan fingerprint density at radius 1 is 1.00 bits per heavy atom. The summed E-state index contributed by atoms with van der Waals surface area (Å²) in [5.74, 6) is 0.592. The molecular formula is C26H28FN3O5S. The van der Waals surface area contributed by atoms with Crippen LogP contribution in [0, 0.1) is 12.7 Å². The third-order valence-electron chi connectivity index (χ3n) is 5.98. The van der Waals surface area contributed by atoms with Gasteiger partial charge in [0.1, 0.15) is 17.3 Å². The monoisotopic (exact) mass is 513 g/mol. The summed E-state index contributed by atoms with van der Waals surface area (Å²) in [6.45, 7) is 3.53. The maximum Gasteiger partial charge on any atom is 0.261 e. The Morgan fingerprint density at radius 3 is 2.33 bits per heavy atom. The number of carbonyl (C=O) groups is 1. The maximum atomic E-state index is 14.0. The average Bonchev–Trinajstić information content (AvgIpc) is 2.88. The van der Waals surface area contributed by atoms with E-state index in [-0.39, 0.29) is 23.2 Å². The molecule has 1 saturated heterocycles. The van der Waals surface area contributed by atoms with E-state index in [9.17, 15) is 17.6 Å². The van der Waals surface area contributed by atoms with Crippen LogP contribution in [0.2, 0.25) is 0 Å². The number of anilines is 2. The van der Waals surface area contributed by atoms with Gasteiger partial charge in [0.05, 0.1) is 17.7 Å². The molecule has 190 valence electrons. The highest BCUT2D eigenvalue weighted by molar-refractivity contribution is 7.92. The van der Waals surface area contributed by atoms with Crippen molar-refractivity contribution in [1.29, 1.82) is 0 Å². The number of ether oxygens (including phenoxy) is 2. The Bertz CT molecular complexity index is 1320. The summed E-state index contributed by atoms with van der Waals surface area (Å²) in [4.78, 5) is 16.3. The number of halogens is 1. The number of rotatable bonds is 8. The van der Waals surface area contributed by atoms with E-state index in [1.54, 1.807) is 60.4 Å². The number of amides is 1. The maximum absolute atomic E-state index is 14.0. The van der Waals surface area contributed by atoms with E-state index >= 15 is 0 Å². The predicted octanol–water partition coefficient (Wildman–Crippen LogP) is 3.67. The lowest BCUT2D eigenvalue weighted by molar-refractivity contribution is -0.133. The van der Waals surface area contributed by atoms with Crippen LogP contribution in [-0.2, 0) is 14.8 Å². The molecule has 1 fully saturated rings. The summed E-state index contributed by atoms with van der Waals surface area (Å²) in [6, 6.07) is 17.6. The molecule has 0 unspecified atom stereocenters. The minimum absolute atomic E-state index is 0.0822. The van der Waals surface area contributed by atoms with E-state index < -0.39 is 10.0 Å². The van der Waals surface area contributed by atoms with E-state index in [0.717, 1.165) is 0 Å². The van der Waals surface area contributed by atoms with Gasteiger partial charge in [-0.3, -0.25) is 9.52 Å². The fourth-order valence-corrected chi connectivity index (χ4v) is 5.10. The van der Waals surface area contributed by atoms with E-state index in [0.29, 0.717) is 54.6 Å². The van der Waals surface area contributed by atoms with Crippen molar-refractivity contribution in [3.63, 3.8) is 0 Å². The first kappa shape index (κ1) is 25.3. The summed E-state index contributed by atoms with van der Waals surface area (Å²) < 4.78 is 52.9. The Hall–Kier alpha value is -3.79. The number of nitrogens with zero attached hydrogens (tertiary/aromatic N) is 2. The Morgan fingerprint density at radius 2 is 1.69 bits per heavy atom. The molecular weight excluding hydrogens is 485 g/mol. The Balaban J connectivity index is 1.32. The van der Waals surface area contributed by atoms with Crippen molar-refractivity contribution in [1.82, 2.24) is 4.90 Å². The molecule has 0 spiro atoms.